The summed E-state index contributed by atoms with van der Waals surface area (Å²) in [5.74, 6) is -0.706. The highest BCUT2D eigenvalue weighted by Crippen LogP contribution is 2.23. The molecule has 3 saturated heterocycles. The molecule has 4 rings (SSSR count). The summed E-state index contributed by atoms with van der Waals surface area (Å²) in [4.78, 5) is 42.3. The van der Waals surface area contributed by atoms with E-state index in [4.69, 9.17) is 0 Å². The molecule has 9 nitrogen and oxygen atoms in total. The van der Waals surface area contributed by atoms with Crippen LogP contribution in [0, 0.1) is 5.92 Å². The molecule has 0 aromatic heterocycles. The van der Waals surface area contributed by atoms with Crippen LogP contribution in [-0.2, 0) is 14.6 Å². The number of amides is 4. The van der Waals surface area contributed by atoms with Gasteiger partial charge in [0.15, 0.2) is 9.84 Å². The van der Waals surface area contributed by atoms with E-state index in [9.17, 15) is 22.8 Å². The lowest BCUT2D eigenvalue weighted by Crippen LogP contribution is -2.52. The maximum Gasteiger partial charge on any atom is 0.321 e. The summed E-state index contributed by atoms with van der Waals surface area (Å²) >= 11 is 0. The molecule has 0 saturated carbocycles. The zero-order valence-electron chi connectivity index (χ0n) is 16.0. The molecule has 29 heavy (non-hydrogen) atoms. The van der Waals surface area contributed by atoms with Crippen LogP contribution in [0.25, 0.3) is 0 Å². The fraction of sp³-hybridized carbons (Fsp3) is 0.526. The molecule has 4 amide bonds. The molecule has 1 aromatic rings. The van der Waals surface area contributed by atoms with Gasteiger partial charge in [-0.15, -0.1) is 0 Å². The highest BCUT2D eigenvalue weighted by Gasteiger charge is 2.36. The molecular formula is C19H24N4O5S. The van der Waals surface area contributed by atoms with E-state index in [0.717, 1.165) is 0 Å². The molecule has 0 spiro atoms. The Kier molecular flexibility index (Phi) is 5.20. The second kappa shape index (κ2) is 7.66. The molecule has 156 valence electrons. The average Bonchev–Trinajstić information content (AvgIpc) is 3.32. The predicted octanol–water partition coefficient (Wildman–Crippen LogP) is -0.0647. The Balaban J connectivity index is 1.37. The standard InChI is InChI=1S/C19H24N4O5S/c24-17(14-2-1-3-16(12-14)23-6-5-20-19(23)26)21-7-9-22(10-8-21)18(25)15-4-11-29(27,28)13-15/h1-3,12,15H,4-11,13H2,(H,20,26). The molecule has 3 aliphatic rings. The third-order valence-electron chi connectivity index (χ3n) is 5.72. The van der Waals surface area contributed by atoms with E-state index in [1.165, 1.54) is 0 Å². The summed E-state index contributed by atoms with van der Waals surface area (Å²) in [7, 11) is -3.10. The monoisotopic (exact) mass is 420 g/mol. The first-order chi connectivity index (χ1) is 13.8. The summed E-state index contributed by atoms with van der Waals surface area (Å²) < 4.78 is 23.2. The van der Waals surface area contributed by atoms with Crippen LogP contribution < -0.4 is 10.2 Å². The summed E-state index contributed by atoms with van der Waals surface area (Å²) in [6, 6.07) is 6.83. The molecule has 1 atom stereocenters. The van der Waals surface area contributed by atoms with E-state index >= 15 is 0 Å². The van der Waals surface area contributed by atoms with Crippen molar-refractivity contribution in [2.45, 2.75) is 6.42 Å². The number of hydrogen-bond donors (Lipinski definition) is 1. The minimum absolute atomic E-state index is 0.0676. The second-order valence-electron chi connectivity index (χ2n) is 7.65. The van der Waals surface area contributed by atoms with Crippen molar-refractivity contribution in [1.29, 1.82) is 0 Å². The smallest absolute Gasteiger partial charge is 0.321 e. The van der Waals surface area contributed by atoms with E-state index in [0.29, 0.717) is 56.9 Å². The van der Waals surface area contributed by atoms with Crippen molar-refractivity contribution >= 4 is 33.4 Å². The van der Waals surface area contributed by atoms with Crippen molar-refractivity contribution in [3.63, 3.8) is 0 Å². The maximum absolute atomic E-state index is 12.9. The molecule has 0 bridgehead atoms. The van der Waals surface area contributed by atoms with Crippen LogP contribution in [0.2, 0.25) is 0 Å². The number of sulfone groups is 1. The number of benzene rings is 1. The lowest BCUT2D eigenvalue weighted by molar-refractivity contribution is -0.136. The minimum atomic E-state index is -3.10. The first-order valence-corrected chi connectivity index (χ1v) is 11.6. The van der Waals surface area contributed by atoms with Gasteiger partial charge in [-0.25, -0.2) is 13.2 Å². The highest BCUT2D eigenvalue weighted by atomic mass is 32.2. The Morgan fingerprint density at radius 1 is 1.03 bits per heavy atom. The molecule has 3 aliphatic heterocycles. The van der Waals surface area contributed by atoms with E-state index in [1.807, 2.05) is 0 Å². The molecule has 0 radical (unpaired) electrons. The van der Waals surface area contributed by atoms with E-state index in [2.05, 4.69) is 5.32 Å². The van der Waals surface area contributed by atoms with Gasteiger partial charge in [0.2, 0.25) is 5.91 Å². The van der Waals surface area contributed by atoms with Crippen molar-refractivity contribution in [3.8, 4) is 0 Å². The molecule has 10 heteroatoms. The van der Waals surface area contributed by atoms with E-state index in [-0.39, 0.29) is 29.4 Å². The van der Waals surface area contributed by atoms with Crippen LogP contribution in [0.4, 0.5) is 10.5 Å². The van der Waals surface area contributed by atoms with Crippen LogP contribution in [0.15, 0.2) is 24.3 Å². The zero-order chi connectivity index (χ0) is 20.6. The van der Waals surface area contributed by atoms with Crippen molar-refractivity contribution in [3.05, 3.63) is 29.8 Å². The third-order valence-corrected chi connectivity index (χ3v) is 7.49. The minimum Gasteiger partial charge on any atom is -0.339 e. The van der Waals surface area contributed by atoms with Crippen molar-refractivity contribution < 1.29 is 22.8 Å². The lowest BCUT2D eigenvalue weighted by atomic mass is 10.1. The summed E-state index contributed by atoms with van der Waals surface area (Å²) in [6.07, 6.45) is 0.386. The normalized spacial score (nSPS) is 23.9. The molecule has 0 aliphatic carbocycles. The Morgan fingerprint density at radius 3 is 2.38 bits per heavy atom. The van der Waals surface area contributed by atoms with Gasteiger partial charge < -0.3 is 15.1 Å². The van der Waals surface area contributed by atoms with Gasteiger partial charge in [-0.05, 0) is 24.6 Å². The van der Waals surface area contributed by atoms with E-state index in [1.54, 1.807) is 39.0 Å². The van der Waals surface area contributed by atoms with Gasteiger partial charge >= 0.3 is 6.03 Å². The fourth-order valence-electron chi connectivity index (χ4n) is 4.09. The van der Waals surface area contributed by atoms with Gasteiger partial charge in [0, 0.05) is 50.5 Å². The quantitative estimate of drug-likeness (QED) is 0.737. The number of carbonyl (C=O) groups is 3. The van der Waals surface area contributed by atoms with Crippen molar-refractivity contribution in [2.24, 2.45) is 5.92 Å². The number of nitrogens with one attached hydrogen (secondary N) is 1. The van der Waals surface area contributed by atoms with E-state index < -0.39 is 15.8 Å². The lowest BCUT2D eigenvalue weighted by Gasteiger charge is -2.36. The Labute approximate surface area is 169 Å². The molecule has 1 aromatic carbocycles. The number of carbonyl (C=O) groups excluding carboxylic acids is 3. The number of hydrogen-bond acceptors (Lipinski definition) is 5. The number of urea groups is 1. The summed E-state index contributed by atoms with van der Waals surface area (Å²) in [6.45, 7) is 2.74. The Bertz CT molecular complexity index is 940. The molecule has 1 unspecified atom stereocenters. The van der Waals surface area contributed by atoms with Crippen molar-refractivity contribution in [2.75, 3.05) is 55.7 Å². The van der Waals surface area contributed by atoms with Crippen LogP contribution in [0.5, 0.6) is 0 Å². The van der Waals surface area contributed by atoms with Gasteiger partial charge in [0.25, 0.3) is 5.91 Å². The molecular weight excluding hydrogens is 396 g/mol. The first-order valence-electron chi connectivity index (χ1n) is 9.78. The van der Waals surface area contributed by atoms with Gasteiger partial charge in [-0.1, -0.05) is 6.07 Å². The van der Waals surface area contributed by atoms with Crippen LogP contribution in [0.3, 0.4) is 0 Å². The van der Waals surface area contributed by atoms with Gasteiger partial charge in [-0.3, -0.25) is 14.5 Å². The SMILES string of the molecule is O=C(c1cccc(N2CCNC2=O)c1)N1CCN(C(=O)C2CCS(=O)(=O)C2)CC1. The van der Waals surface area contributed by atoms with Gasteiger partial charge in [0.1, 0.15) is 0 Å². The second-order valence-corrected chi connectivity index (χ2v) is 9.88. The third kappa shape index (κ3) is 4.07. The summed E-state index contributed by atoms with van der Waals surface area (Å²) in [5.41, 5.74) is 1.19. The van der Waals surface area contributed by atoms with Crippen molar-refractivity contribution in [1.82, 2.24) is 15.1 Å². The van der Waals surface area contributed by atoms with Crippen LogP contribution in [0.1, 0.15) is 16.8 Å². The highest BCUT2D eigenvalue weighted by molar-refractivity contribution is 7.91. The number of rotatable bonds is 3. The predicted molar refractivity (Wildman–Crippen MR) is 106 cm³/mol. The Hall–Kier alpha value is -2.62. The largest absolute Gasteiger partial charge is 0.339 e. The first kappa shape index (κ1) is 19.7. The number of piperazine rings is 1. The van der Waals surface area contributed by atoms with Crippen LogP contribution in [-0.4, -0.2) is 86.8 Å². The van der Waals surface area contributed by atoms with Gasteiger partial charge in [-0.2, -0.15) is 0 Å². The Morgan fingerprint density at radius 2 is 1.76 bits per heavy atom. The number of anilines is 1. The van der Waals surface area contributed by atoms with Gasteiger partial charge in [0.05, 0.1) is 17.4 Å². The molecule has 1 N–H and O–H groups in total. The average molecular weight is 420 g/mol. The molecule has 3 fully saturated rings. The fourth-order valence-corrected chi connectivity index (χ4v) is 5.82. The zero-order valence-corrected chi connectivity index (χ0v) is 16.9. The molecule has 3 heterocycles. The maximum atomic E-state index is 12.9. The topological polar surface area (TPSA) is 107 Å². The number of nitrogens with zero attached hydrogens (tertiary/aromatic N) is 3. The summed E-state index contributed by atoms with van der Waals surface area (Å²) in [5, 5.41) is 2.74. The van der Waals surface area contributed by atoms with Crippen LogP contribution >= 0.6 is 0 Å².